The second-order valence-corrected chi connectivity index (χ2v) is 5.20. The molecule has 2 aromatic carbocycles. The fourth-order valence-electron chi connectivity index (χ4n) is 1.94. The van der Waals surface area contributed by atoms with Gasteiger partial charge in [-0.3, -0.25) is 14.9 Å². The van der Waals surface area contributed by atoms with E-state index in [-0.39, 0.29) is 16.3 Å². The topological polar surface area (TPSA) is 72.2 Å². The highest BCUT2D eigenvalue weighted by atomic mass is 35.5. The first-order valence-corrected chi connectivity index (χ1v) is 6.87. The molecule has 2 aromatic rings. The number of nitrogens with one attached hydrogen (secondary N) is 1. The third-order valence-corrected chi connectivity index (χ3v) is 3.52. The minimum absolute atomic E-state index is 0.0375. The molecular formula is C15H11ClF2N2O3. The third-order valence-electron chi connectivity index (χ3n) is 3.20. The first-order chi connectivity index (χ1) is 10.8. The molecule has 2 rings (SSSR count). The van der Waals surface area contributed by atoms with E-state index in [1.165, 1.54) is 18.2 Å². The van der Waals surface area contributed by atoms with Crippen LogP contribution >= 0.6 is 11.6 Å². The molecule has 8 heteroatoms. The average molecular weight is 341 g/mol. The van der Waals surface area contributed by atoms with Gasteiger partial charge in [-0.25, -0.2) is 8.78 Å². The van der Waals surface area contributed by atoms with E-state index in [0.29, 0.717) is 5.56 Å². The summed E-state index contributed by atoms with van der Waals surface area (Å²) in [6.45, 7) is 1.58. The summed E-state index contributed by atoms with van der Waals surface area (Å²) in [4.78, 5) is 22.2. The van der Waals surface area contributed by atoms with Gasteiger partial charge in [0.15, 0.2) is 11.6 Å². The van der Waals surface area contributed by atoms with E-state index < -0.39 is 28.5 Å². The molecule has 0 fully saturated rings. The van der Waals surface area contributed by atoms with Gasteiger partial charge < -0.3 is 5.32 Å². The highest BCUT2D eigenvalue weighted by Gasteiger charge is 2.18. The van der Waals surface area contributed by atoms with Crippen LogP contribution in [0.15, 0.2) is 36.4 Å². The van der Waals surface area contributed by atoms with Crippen molar-refractivity contribution in [2.45, 2.75) is 13.0 Å². The van der Waals surface area contributed by atoms with Crippen molar-refractivity contribution in [3.05, 3.63) is 74.3 Å². The summed E-state index contributed by atoms with van der Waals surface area (Å²) < 4.78 is 26.1. The molecule has 0 aliphatic heterocycles. The van der Waals surface area contributed by atoms with Crippen molar-refractivity contribution < 1.29 is 18.5 Å². The number of nitro benzene ring substituents is 1. The number of rotatable bonds is 4. The number of benzene rings is 2. The van der Waals surface area contributed by atoms with Crippen LogP contribution in [-0.4, -0.2) is 10.8 Å². The largest absolute Gasteiger partial charge is 0.346 e. The van der Waals surface area contributed by atoms with Gasteiger partial charge >= 0.3 is 0 Å². The number of carbonyl (C=O) groups excluding carboxylic acids is 1. The van der Waals surface area contributed by atoms with E-state index >= 15 is 0 Å². The van der Waals surface area contributed by atoms with Crippen molar-refractivity contribution in [1.82, 2.24) is 5.32 Å². The number of nitrogens with zero attached hydrogens (tertiary/aromatic N) is 1. The van der Waals surface area contributed by atoms with Crippen molar-refractivity contribution >= 4 is 23.2 Å². The zero-order valence-corrected chi connectivity index (χ0v) is 12.6. The Labute approximate surface area is 135 Å². The Morgan fingerprint density at radius 2 is 1.91 bits per heavy atom. The van der Waals surface area contributed by atoms with E-state index in [2.05, 4.69) is 5.32 Å². The van der Waals surface area contributed by atoms with E-state index in [9.17, 15) is 23.7 Å². The summed E-state index contributed by atoms with van der Waals surface area (Å²) in [6.07, 6.45) is 0. The number of amides is 1. The summed E-state index contributed by atoms with van der Waals surface area (Å²) in [5, 5.41) is 13.3. The van der Waals surface area contributed by atoms with Crippen LogP contribution in [0.4, 0.5) is 14.5 Å². The Balaban J connectivity index is 2.19. The molecule has 1 unspecified atom stereocenters. The Morgan fingerprint density at radius 1 is 1.22 bits per heavy atom. The van der Waals surface area contributed by atoms with Crippen LogP contribution in [0, 0.1) is 21.7 Å². The Kier molecular flexibility index (Phi) is 4.90. The predicted octanol–water partition coefficient (Wildman–Crippen LogP) is 4.02. The molecule has 1 N–H and O–H groups in total. The second kappa shape index (κ2) is 6.70. The maximum Gasteiger partial charge on any atom is 0.288 e. The van der Waals surface area contributed by atoms with Crippen molar-refractivity contribution in [1.29, 1.82) is 0 Å². The van der Waals surface area contributed by atoms with E-state index in [1.54, 1.807) is 6.92 Å². The first kappa shape index (κ1) is 16.8. The van der Waals surface area contributed by atoms with Gasteiger partial charge in [-0.2, -0.15) is 0 Å². The number of carbonyl (C=O) groups is 1. The van der Waals surface area contributed by atoms with E-state index in [0.717, 1.165) is 18.2 Å². The Bertz CT molecular complexity index is 783. The van der Waals surface area contributed by atoms with Crippen molar-refractivity contribution in [2.75, 3.05) is 0 Å². The molecule has 1 amide bonds. The standard InChI is InChI=1S/C15H11ClF2N2O3/c1-8(9-3-5-12(17)13(18)6-9)19-15(21)10-2-4-11(16)14(7-10)20(22)23/h2-8H,1H3,(H,19,21). The minimum Gasteiger partial charge on any atom is -0.346 e. The summed E-state index contributed by atoms with van der Waals surface area (Å²) in [7, 11) is 0. The second-order valence-electron chi connectivity index (χ2n) is 4.79. The van der Waals surface area contributed by atoms with Gasteiger partial charge in [0, 0.05) is 11.6 Å². The average Bonchev–Trinajstić information content (AvgIpc) is 2.49. The van der Waals surface area contributed by atoms with Crippen molar-refractivity contribution in [3.8, 4) is 0 Å². The molecule has 0 saturated heterocycles. The zero-order chi connectivity index (χ0) is 17.1. The van der Waals surface area contributed by atoms with Crippen molar-refractivity contribution in [2.24, 2.45) is 0 Å². The van der Waals surface area contributed by atoms with Crippen LogP contribution in [0.25, 0.3) is 0 Å². The molecule has 23 heavy (non-hydrogen) atoms. The summed E-state index contributed by atoms with van der Waals surface area (Å²) in [5.41, 5.74) is 0.0102. The summed E-state index contributed by atoms with van der Waals surface area (Å²) >= 11 is 5.68. The zero-order valence-electron chi connectivity index (χ0n) is 11.8. The maximum absolute atomic E-state index is 13.2. The van der Waals surface area contributed by atoms with Crippen LogP contribution in [0.3, 0.4) is 0 Å². The Hall–Kier alpha value is -2.54. The molecular weight excluding hydrogens is 330 g/mol. The van der Waals surface area contributed by atoms with Crippen LogP contribution in [0.2, 0.25) is 5.02 Å². The van der Waals surface area contributed by atoms with Crippen LogP contribution in [0.5, 0.6) is 0 Å². The monoisotopic (exact) mass is 340 g/mol. The smallest absolute Gasteiger partial charge is 0.288 e. The number of nitro groups is 1. The molecule has 1 atom stereocenters. The molecule has 0 aliphatic rings. The summed E-state index contributed by atoms with van der Waals surface area (Å²) in [5.74, 6) is -2.60. The molecule has 0 radical (unpaired) electrons. The van der Waals surface area contributed by atoms with Crippen LogP contribution < -0.4 is 5.32 Å². The summed E-state index contributed by atoms with van der Waals surface area (Å²) in [6, 6.07) is 6.29. The van der Waals surface area contributed by atoms with Gasteiger partial charge in [-0.1, -0.05) is 17.7 Å². The number of hydrogen-bond donors (Lipinski definition) is 1. The van der Waals surface area contributed by atoms with Gasteiger partial charge in [0.25, 0.3) is 11.6 Å². The maximum atomic E-state index is 13.2. The van der Waals surface area contributed by atoms with E-state index in [4.69, 9.17) is 11.6 Å². The molecule has 0 aliphatic carbocycles. The molecule has 5 nitrogen and oxygen atoms in total. The minimum atomic E-state index is -1.02. The third kappa shape index (κ3) is 3.81. The SMILES string of the molecule is CC(NC(=O)c1ccc(Cl)c([N+](=O)[O-])c1)c1ccc(F)c(F)c1. The Morgan fingerprint density at radius 3 is 2.52 bits per heavy atom. The molecule has 120 valence electrons. The van der Waals surface area contributed by atoms with Crippen LogP contribution in [0.1, 0.15) is 28.9 Å². The number of halogens is 3. The van der Waals surface area contributed by atoms with Gasteiger partial charge in [-0.15, -0.1) is 0 Å². The lowest BCUT2D eigenvalue weighted by Crippen LogP contribution is -2.26. The highest BCUT2D eigenvalue weighted by Crippen LogP contribution is 2.25. The van der Waals surface area contributed by atoms with Gasteiger partial charge in [0.05, 0.1) is 11.0 Å². The fraction of sp³-hybridized carbons (Fsp3) is 0.133. The molecule has 0 heterocycles. The van der Waals surface area contributed by atoms with Crippen LogP contribution in [-0.2, 0) is 0 Å². The first-order valence-electron chi connectivity index (χ1n) is 6.49. The molecule has 0 saturated carbocycles. The van der Waals surface area contributed by atoms with Gasteiger partial charge in [0.1, 0.15) is 5.02 Å². The normalized spacial score (nSPS) is 11.8. The number of hydrogen-bond acceptors (Lipinski definition) is 3. The van der Waals surface area contributed by atoms with Gasteiger partial charge in [0.2, 0.25) is 0 Å². The quantitative estimate of drug-likeness (QED) is 0.675. The molecule has 0 spiro atoms. The molecule has 0 aromatic heterocycles. The lowest BCUT2D eigenvalue weighted by molar-refractivity contribution is -0.384. The molecule has 0 bridgehead atoms. The van der Waals surface area contributed by atoms with E-state index in [1.807, 2.05) is 0 Å². The highest BCUT2D eigenvalue weighted by molar-refractivity contribution is 6.32. The predicted molar refractivity (Wildman–Crippen MR) is 80.3 cm³/mol. The fourth-order valence-corrected chi connectivity index (χ4v) is 2.13. The van der Waals surface area contributed by atoms with Gasteiger partial charge in [-0.05, 0) is 36.8 Å². The lowest BCUT2D eigenvalue weighted by atomic mass is 10.1. The lowest BCUT2D eigenvalue weighted by Gasteiger charge is -2.14. The van der Waals surface area contributed by atoms with Crippen molar-refractivity contribution in [3.63, 3.8) is 0 Å².